The Labute approximate surface area is 79.5 Å². The van der Waals surface area contributed by atoms with Gasteiger partial charge in [0.1, 0.15) is 0 Å². The molecule has 1 rings (SSSR count). The summed E-state index contributed by atoms with van der Waals surface area (Å²) in [6, 6.07) is 8.52. The van der Waals surface area contributed by atoms with Gasteiger partial charge in [0.2, 0.25) is 0 Å². The summed E-state index contributed by atoms with van der Waals surface area (Å²) in [4.78, 5) is 0. The normalized spacial score (nSPS) is 9.56. The number of rotatable bonds is 1. The van der Waals surface area contributed by atoms with Gasteiger partial charge in [-0.15, -0.1) is 0 Å². The van der Waals surface area contributed by atoms with Crippen molar-refractivity contribution in [1.82, 2.24) is 0 Å². The first-order valence-corrected chi connectivity index (χ1v) is 5.76. The second-order valence-electron chi connectivity index (χ2n) is 1.79. The van der Waals surface area contributed by atoms with Crippen LogP contribution in [0.3, 0.4) is 0 Å². The Hall–Kier alpha value is 0.622. The number of benzene rings is 1. The van der Waals surface area contributed by atoms with E-state index in [0.29, 0.717) is 0 Å². The fourth-order valence-corrected chi connectivity index (χ4v) is 3.17. The van der Waals surface area contributed by atoms with Gasteiger partial charge in [-0.2, -0.15) is 0 Å². The molecule has 0 N–H and O–H groups in total. The molecular formula is C7H6BrPb. The SMILES string of the molecule is BrCc1cccc[c]1[Pb]. The Morgan fingerprint density at radius 2 is 2.00 bits per heavy atom. The van der Waals surface area contributed by atoms with E-state index < -0.39 is 0 Å². The molecule has 3 radical (unpaired) electrons. The molecule has 0 unspecified atom stereocenters. The van der Waals surface area contributed by atoms with E-state index >= 15 is 0 Å². The summed E-state index contributed by atoms with van der Waals surface area (Å²) in [5.41, 5.74) is 1.43. The summed E-state index contributed by atoms with van der Waals surface area (Å²) in [7, 11) is 0. The fraction of sp³-hybridized carbons (Fsp3) is 0.143. The van der Waals surface area contributed by atoms with E-state index in [0.717, 1.165) is 31.1 Å². The molecule has 0 aromatic heterocycles. The van der Waals surface area contributed by atoms with E-state index in [-0.39, 0.29) is 0 Å². The van der Waals surface area contributed by atoms with Crippen LogP contribution in [0.15, 0.2) is 24.3 Å². The standard InChI is InChI=1S/C7H6Br.Pb/c8-6-7-4-2-1-3-5-7;/h1-4H,6H2;. The molecule has 1 aromatic rings. The Morgan fingerprint density at radius 1 is 1.33 bits per heavy atom. The van der Waals surface area contributed by atoms with Gasteiger partial charge in [0.05, 0.1) is 0 Å². The molecule has 0 saturated carbocycles. The summed E-state index contributed by atoms with van der Waals surface area (Å²) in [5.74, 6) is 0. The van der Waals surface area contributed by atoms with E-state index in [1.165, 1.54) is 8.69 Å². The molecule has 0 aliphatic rings. The van der Waals surface area contributed by atoms with Crippen molar-refractivity contribution in [1.29, 1.82) is 0 Å². The quantitative estimate of drug-likeness (QED) is 0.513. The van der Waals surface area contributed by atoms with E-state index in [4.69, 9.17) is 0 Å². The second kappa shape index (κ2) is 3.71. The molecule has 0 nitrogen and oxygen atoms in total. The van der Waals surface area contributed by atoms with E-state index in [9.17, 15) is 0 Å². The third-order valence-electron chi connectivity index (χ3n) is 1.16. The van der Waals surface area contributed by atoms with Crippen molar-refractivity contribution < 1.29 is 0 Å². The van der Waals surface area contributed by atoms with Crippen molar-refractivity contribution in [3.05, 3.63) is 29.8 Å². The average molecular weight is 377 g/mol. The van der Waals surface area contributed by atoms with Crippen LogP contribution in [-0.2, 0) is 5.33 Å². The van der Waals surface area contributed by atoms with Gasteiger partial charge in [-0.3, -0.25) is 0 Å². The predicted octanol–water partition coefficient (Wildman–Crippen LogP) is 1.38. The third-order valence-corrected chi connectivity index (χ3v) is 3.66. The molecule has 0 atom stereocenters. The van der Waals surface area contributed by atoms with Crippen molar-refractivity contribution in [3.63, 3.8) is 0 Å². The third kappa shape index (κ3) is 2.04. The molecule has 0 heterocycles. The van der Waals surface area contributed by atoms with Crippen molar-refractivity contribution in [2.45, 2.75) is 5.33 Å². The zero-order chi connectivity index (χ0) is 6.69. The van der Waals surface area contributed by atoms with Crippen LogP contribution in [0.25, 0.3) is 0 Å². The van der Waals surface area contributed by atoms with Gasteiger partial charge in [-0.25, -0.2) is 0 Å². The molecule has 9 heavy (non-hydrogen) atoms. The molecule has 45 valence electrons. The molecule has 0 spiro atoms. The van der Waals surface area contributed by atoms with Crippen molar-refractivity contribution in [3.8, 4) is 0 Å². The molecule has 0 bridgehead atoms. The van der Waals surface area contributed by atoms with E-state index in [2.05, 4.69) is 40.2 Å². The van der Waals surface area contributed by atoms with Gasteiger partial charge in [-0.1, -0.05) is 0 Å². The van der Waals surface area contributed by atoms with Gasteiger partial charge < -0.3 is 0 Å². The van der Waals surface area contributed by atoms with Crippen molar-refractivity contribution in [2.75, 3.05) is 0 Å². The number of alkyl halides is 1. The Balaban J connectivity index is 3.01. The molecular weight excluding hydrogens is 371 g/mol. The Bertz CT molecular complexity index is 198. The van der Waals surface area contributed by atoms with Crippen LogP contribution in [-0.4, -0.2) is 25.8 Å². The molecule has 0 aliphatic heterocycles. The maximum absolute atomic E-state index is 3.43. The number of hydrogen-bond acceptors (Lipinski definition) is 0. The van der Waals surface area contributed by atoms with Gasteiger partial charge in [0.15, 0.2) is 0 Å². The van der Waals surface area contributed by atoms with E-state index in [1.54, 1.807) is 0 Å². The number of halogens is 1. The monoisotopic (exact) mass is 377 g/mol. The van der Waals surface area contributed by atoms with Crippen LogP contribution in [0.1, 0.15) is 5.56 Å². The van der Waals surface area contributed by atoms with Crippen LogP contribution in [0.4, 0.5) is 0 Å². The average Bonchev–Trinajstić information content (AvgIpc) is 1.89. The molecule has 0 fully saturated rings. The Morgan fingerprint density at radius 3 is 2.44 bits per heavy atom. The van der Waals surface area contributed by atoms with Crippen LogP contribution in [0.5, 0.6) is 0 Å². The first kappa shape index (κ1) is 7.73. The molecule has 0 saturated heterocycles. The topological polar surface area (TPSA) is 0 Å². The minimum atomic E-state index is 0.993. The number of hydrogen-bond donors (Lipinski definition) is 0. The van der Waals surface area contributed by atoms with Crippen molar-refractivity contribution in [2.24, 2.45) is 0 Å². The second-order valence-corrected chi connectivity index (χ2v) is 4.45. The predicted molar refractivity (Wildman–Crippen MR) is 44.5 cm³/mol. The van der Waals surface area contributed by atoms with Gasteiger partial charge in [0.25, 0.3) is 0 Å². The summed E-state index contributed by atoms with van der Waals surface area (Å²) >= 11 is 4.59. The Kier molecular flexibility index (Phi) is 3.18. The molecule has 0 amide bonds. The van der Waals surface area contributed by atoms with Crippen LogP contribution < -0.4 is 3.12 Å². The van der Waals surface area contributed by atoms with Crippen LogP contribution >= 0.6 is 15.9 Å². The first-order valence-electron chi connectivity index (χ1n) is 2.70. The van der Waals surface area contributed by atoms with Gasteiger partial charge >= 0.3 is 80.0 Å². The molecule has 1 aromatic carbocycles. The van der Waals surface area contributed by atoms with Gasteiger partial charge in [-0.05, 0) is 0 Å². The summed E-state index contributed by atoms with van der Waals surface area (Å²) in [5, 5.41) is 0.993. The zero-order valence-corrected chi connectivity index (χ0v) is 10.4. The maximum atomic E-state index is 3.43. The minimum absolute atomic E-state index is 0.993. The first-order chi connectivity index (χ1) is 4.34. The zero-order valence-electron chi connectivity index (χ0n) is 4.89. The molecule has 2 heteroatoms. The van der Waals surface area contributed by atoms with Crippen molar-refractivity contribution >= 4 is 44.8 Å². The molecule has 0 aliphatic carbocycles. The summed E-state index contributed by atoms with van der Waals surface area (Å²) in [6.07, 6.45) is 0. The van der Waals surface area contributed by atoms with Gasteiger partial charge in [0, 0.05) is 0 Å². The van der Waals surface area contributed by atoms with E-state index in [1.807, 2.05) is 0 Å². The summed E-state index contributed by atoms with van der Waals surface area (Å²) in [6.45, 7) is 0. The fourth-order valence-electron chi connectivity index (χ4n) is 0.637. The van der Waals surface area contributed by atoms with Crippen LogP contribution in [0.2, 0.25) is 0 Å². The van der Waals surface area contributed by atoms with Crippen LogP contribution in [0, 0.1) is 0 Å². The summed E-state index contributed by atoms with van der Waals surface area (Å²) < 4.78 is 1.49.